The molecule has 0 atom stereocenters. The number of carbonyl (C=O) groups excluding carboxylic acids is 1. The molecule has 23 heavy (non-hydrogen) atoms. The lowest BCUT2D eigenvalue weighted by atomic mass is 10.0. The Bertz CT molecular complexity index is 836. The molecule has 0 saturated carbocycles. The summed E-state index contributed by atoms with van der Waals surface area (Å²) in [5.41, 5.74) is 3.18. The van der Waals surface area contributed by atoms with Crippen LogP contribution in [-0.4, -0.2) is 17.9 Å². The van der Waals surface area contributed by atoms with E-state index in [-0.39, 0.29) is 17.5 Å². The molecule has 0 unspecified atom stereocenters. The van der Waals surface area contributed by atoms with E-state index in [0.717, 1.165) is 11.1 Å². The lowest BCUT2D eigenvalue weighted by Gasteiger charge is -2.02. The van der Waals surface area contributed by atoms with E-state index in [1.807, 2.05) is 0 Å². The van der Waals surface area contributed by atoms with Crippen molar-refractivity contribution >= 4 is 5.91 Å². The molecule has 0 fully saturated rings. The highest BCUT2D eigenvalue weighted by atomic mass is 19.1. The number of benzene rings is 2. The van der Waals surface area contributed by atoms with Gasteiger partial charge in [-0.15, -0.1) is 0 Å². The van der Waals surface area contributed by atoms with Crippen LogP contribution in [0, 0.1) is 11.6 Å². The molecule has 0 radical (unpaired) electrons. The fourth-order valence-electron chi connectivity index (χ4n) is 2.40. The summed E-state index contributed by atoms with van der Waals surface area (Å²) < 4.78 is 26.2. The van der Waals surface area contributed by atoms with Crippen molar-refractivity contribution in [2.24, 2.45) is 0 Å². The molecule has 116 valence electrons. The number of amides is 1. The number of hydrogen-bond acceptors (Lipinski definition) is 1. The van der Waals surface area contributed by atoms with E-state index in [4.69, 9.17) is 0 Å². The van der Waals surface area contributed by atoms with Crippen molar-refractivity contribution in [3.63, 3.8) is 0 Å². The Morgan fingerprint density at radius 3 is 1.96 bits per heavy atom. The second-order valence-electron chi connectivity index (χ2n) is 5.06. The normalized spacial score (nSPS) is 10.6. The standard InChI is InChI=1S/C18H14F2N2O/c1-21-18(23)17-15(11-2-6-13(19)7-3-11)10-16(22-17)12-4-8-14(20)9-5-12/h2-10,22H,1H3,(H,21,23). The van der Waals surface area contributed by atoms with Crippen LogP contribution in [0.1, 0.15) is 10.5 Å². The van der Waals surface area contributed by atoms with E-state index < -0.39 is 0 Å². The van der Waals surface area contributed by atoms with Gasteiger partial charge < -0.3 is 10.3 Å². The van der Waals surface area contributed by atoms with E-state index >= 15 is 0 Å². The predicted octanol–water partition coefficient (Wildman–Crippen LogP) is 3.99. The summed E-state index contributed by atoms with van der Waals surface area (Å²) in [5, 5.41) is 2.57. The number of carbonyl (C=O) groups is 1. The summed E-state index contributed by atoms with van der Waals surface area (Å²) >= 11 is 0. The molecule has 3 aromatic rings. The van der Waals surface area contributed by atoms with E-state index in [1.54, 1.807) is 30.3 Å². The average Bonchev–Trinajstić information content (AvgIpc) is 3.00. The fourth-order valence-corrected chi connectivity index (χ4v) is 2.40. The highest BCUT2D eigenvalue weighted by Gasteiger charge is 2.16. The molecule has 5 heteroatoms. The van der Waals surface area contributed by atoms with Gasteiger partial charge in [-0.1, -0.05) is 12.1 Å². The Labute approximate surface area is 132 Å². The third-order valence-electron chi connectivity index (χ3n) is 3.58. The SMILES string of the molecule is CNC(=O)c1[nH]c(-c2ccc(F)cc2)cc1-c1ccc(F)cc1. The Balaban J connectivity index is 2.12. The van der Waals surface area contributed by atoms with Crippen molar-refractivity contribution in [3.8, 4) is 22.4 Å². The predicted molar refractivity (Wildman–Crippen MR) is 85.0 cm³/mol. The molecular weight excluding hydrogens is 298 g/mol. The monoisotopic (exact) mass is 312 g/mol. The molecule has 1 aromatic heterocycles. The van der Waals surface area contributed by atoms with E-state index in [9.17, 15) is 13.6 Å². The largest absolute Gasteiger partial charge is 0.354 e. The van der Waals surface area contributed by atoms with Crippen LogP contribution in [0.15, 0.2) is 54.6 Å². The molecule has 0 aliphatic heterocycles. The van der Waals surface area contributed by atoms with Crippen LogP contribution in [-0.2, 0) is 0 Å². The van der Waals surface area contributed by atoms with Gasteiger partial charge in [-0.25, -0.2) is 8.78 Å². The second-order valence-corrected chi connectivity index (χ2v) is 5.06. The molecule has 2 N–H and O–H groups in total. The molecule has 3 rings (SSSR count). The van der Waals surface area contributed by atoms with E-state index in [0.29, 0.717) is 17.0 Å². The highest BCUT2D eigenvalue weighted by molar-refractivity contribution is 6.00. The third-order valence-corrected chi connectivity index (χ3v) is 3.58. The lowest BCUT2D eigenvalue weighted by Crippen LogP contribution is -2.19. The molecule has 1 heterocycles. The molecule has 2 aromatic carbocycles. The van der Waals surface area contributed by atoms with Crippen LogP contribution in [0.4, 0.5) is 8.78 Å². The number of halogens is 2. The first-order valence-electron chi connectivity index (χ1n) is 7.05. The fraction of sp³-hybridized carbons (Fsp3) is 0.0556. The first kappa shape index (κ1) is 15.0. The summed E-state index contributed by atoms with van der Waals surface area (Å²) in [6, 6.07) is 13.7. The average molecular weight is 312 g/mol. The summed E-state index contributed by atoms with van der Waals surface area (Å²) in [6.45, 7) is 0. The van der Waals surface area contributed by atoms with Crippen LogP contribution in [0.5, 0.6) is 0 Å². The van der Waals surface area contributed by atoms with Gasteiger partial charge >= 0.3 is 0 Å². The Morgan fingerprint density at radius 2 is 1.43 bits per heavy atom. The molecule has 0 bridgehead atoms. The number of nitrogens with one attached hydrogen (secondary N) is 2. The van der Waals surface area contributed by atoms with Gasteiger partial charge in [0.25, 0.3) is 5.91 Å². The summed E-state index contributed by atoms with van der Waals surface area (Å²) in [6.07, 6.45) is 0. The van der Waals surface area contributed by atoms with Crippen molar-refractivity contribution in [1.29, 1.82) is 0 Å². The molecule has 3 nitrogen and oxygen atoms in total. The first-order valence-corrected chi connectivity index (χ1v) is 7.05. The molecule has 0 aliphatic rings. The van der Waals surface area contributed by atoms with Crippen LogP contribution >= 0.6 is 0 Å². The van der Waals surface area contributed by atoms with Crippen molar-refractivity contribution in [2.75, 3.05) is 7.05 Å². The maximum absolute atomic E-state index is 13.1. The van der Waals surface area contributed by atoms with Crippen LogP contribution in [0.25, 0.3) is 22.4 Å². The van der Waals surface area contributed by atoms with E-state index in [1.165, 1.54) is 31.3 Å². The number of aromatic amines is 1. The summed E-state index contributed by atoms with van der Waals surface area (Å²) in [7, 11) is 1.54. The minimum absolute atomic E-state index is 0.280. The molecule has 1 amide bonds. The smallest absolute Gasteiger partial charge is 0.268 e. The van der Waals surface area contributed by atoms with Gasteiger partial charge in [0.15, 0.2) is 0 Å². The Hall–Kier alpha value is -2.95. The number of aromatic nitrogens is 1. The van der Waals surface area contributed by atoms with Gasteiger partial charge in [0.1, 0.15) is 17.3 Å². The Kier molecular flexibility index (Phi) is 3.93. The second kappa shape index (κ2) is 6.04. The Morgan fingerprint density at radius 1 is 0.913 bits per heavy atom. The van der Waals surface area contributed by atoms with Crippen LogP contribution in [0.2, 0.25) is 0 Å². The zero-order chi connectivity index (χ0) is 16.4. The van der Waals surface area contributed by atoms with Crippen molar-refractivity contribution in [3.05, 3.63) is 71.9 Å². The molecule has 0 saturated heterocycles. The lowest BCUT2D eigenvalue weighted by molar-refractivity contribution is 0.0959. The van der Waals surface area contributed by atoms with Gasteiger partial charge in [0.2, 0.25) is 0 Å². The minimum atomic E-state index is -0.343. The van der Waals surface area contributed by atoms with Gasteiger partial charge in [0, 0.05) is 18.3 Å². The zero-order valence-electron chi connectivity index (χ0n) is 12.4. The molecule has 0 spiro atoms. The van der Waals surface area contributed by atoms with Crippen molar-refractivity contribution in [1.82, 2.24) is 10.3 Å². The first-order chi connectivity index (χ1) is 11.1. The van der Waals surface area contributed by atoms with E-state index in [2.05, 4.69) is 10.3 Å². The highest BCUT2D eigenvalue weighted by Crippen LogP contribution is 2.30. The topological polar surface area (TPSA) is 44.9 Å². The van der Waals surface area contributed by atoms with Crippen LogP contribution in [0.3, 0.4) is 0 Å². The minimum Gasteiger partial charge on any atom is -0.354 e. The van der Waals surface area contributed by atoms with Crippen LogP contribution < -0.4 is 5.32 Å². The summed E-state index contributed by atoms with van der Waals surface area (Å²) in [4.78, 5) is 15.1. The molecule has 0 aliphatic carbocycles. The number of hydrogen-bond donors (Lipinski definition) is 2. The number of H-pyrrole nitrogens is 1. The van der Waals surface area contributed by atoms with Gasteiger partial charge in [-0.3, -0.25) is 4.79 Å². The van der Waals surface area contributed by atoms with Crippen molar-refractivity contribution in [2.45, 2.75) is 0 Å². The maximum Gasteiger partial charge on any atom is 0.268 e. The molecular formula is C18H14F2N2O. The summed E-state index contributed by atoms with van der Waals surface area (Å²) in [5.74, 6) is -0.951. The van der Waals surface area contributed by atoms with Gasteiger partial charge in [-0.2, -0.15) is 0 Å². The third kappa shape index (κ3) is 2.99. The van der Waals surface area contributed by atoms with Gasteiger partial charge in [0.05, 0.1) is 0 Å². The van der Waals surface area contributed by atoms with Gasteiger partial charge in [-0.05, 0) is 53.6 Å². The maximum atomic E-state index is 13.1. The number of rotatable bonds is 3. The quantitative estimate of drug-likeness (QED) is 0.755. The van der Waals surface area contributed by atoms with Crippen molar-refractivity contribution < 1.29 is 13.6 Å². The zero-order valence-corrected chi connectivity index (χ0v) is 12.4.